The molecule has 1 aliphatic heterocycles. The highest BCUT2D eigenvalue weighted by molar-refractivity contribution is 6.11. The maximum absolute atomic E-state index is 13.5. The topological polar surface area (TPSA) is 115 Å². The smallest absolute Gasteiger partial charge is 0.323 e. The van der Waals surface area contributed by atoms with Gasteiger partial charge < -0.3 is 15.4 Å². The predicted octanol–water partition coefficient (Wildman–Crippen LogP) is 3.58. The largest absolute Gasteiger partial charge is 0.480 e. The summed E-state index contributed by atoms with van der Waals surface area (Å²) in [5, 5.41) is 12.5. The second-order valence-electron chi connectivity index (χ2n) is 7.99. The number of halogens is 1. The number of amides is 2. The summed E-state index contributed by atoms with van der Waals surface area (Å²) >= 11 is 0. The van der Waals surface area contributed by atoms with Crippen molar-refractivity contribution in [3.05, 3.63) is 89.9 Å². The van der Waals surface area contributed by atoms with Gasteiger partial charge in [0.05, 0.1) is 5.69 Å². The molecule has 2 heterocycles. The summed E-state index contributed by atoms with van der Waals surface area (Å²) in [4.78, 5) is 46.2. The first-order valence-electron chi connectivity index (χ1n) is 10.7. The van der Waals surface area contributed by atoms with Gasteiger partial charge in [-0.3, -0.25) is 24.3 Å². The molecule has 9 heteroatoms. The summed E-state index contributed by atoms with van der Waals surface area (Å²) in [6.45, 7) is -0.606. The Morgan fingerprint density at radius 2 is 1.86 bits per heavy atom. The lowest BCUT2D eigenvalue weighted by Gasteiger charge is -2.24. The van der Waals surface area contributed by atoms with Crippen LogP contribution in [0.1, 0.15) is 16.1 Å². The first-order chi connectivity index (χ1) is 16.9. The molecule has 0 aliphatic carbocycles. The van der Waals surface area contributed by atoms with E-state index >= 15 is 0 Å². The number of aromatic amines is 1. The van der Waals surface area contributed by atoms with Crippen LogP contribution >= 0.6 is 0 Å². The number of carboxylic acids is 1. The van der Waals surface area contributed by atoms with Gasteiger partial charge in [0.15, 0.2) is 0 Å². The van der Waals surface area contributed by atoms with E-state index in [-0.39, 0.29) is 5.69 Å². The van der Waals surface area contributed by atoms with Crippen LogP contribution in [0.3, 0.4) is 0 Å². The number of fused-ring (bicyclic) bond motifs is 2. The average molecular weight is 470 g/mol. The van der Waals surface area contributed by atoms with Gasteiger partial charge in [0, 0.05) is 22.7 Å². The van der Waals surface area contributed by atoms with E-state index in [1.54, 1.807) is 12.1 Å². The minimum atomic E-state index is -1.36. The van der Waals surface area contributed by atoms with Gasteiger partial charge in [-0.2, -0.15) is 0 Å². The van der Waals surface area contributed by atoms with Gasteiger partial charge in [-0.15, -0.1) is 0 Å². The highest BCUT2D eigenvalue weighted by Crippen LogP contribution is 2.32. The summed E-state index contributed by atoms with van der Waals surface area (Å²) < 4.78 is 13.5. The number of H-pyrrole nitrogens is 1. The van der Waals surface area contributed by atoms with Crippen LogP contribution in [0.5, 0.6) is 0 Å². The van der Waals surface area contributed by atoms with Crippen LogP contribution in [0.15, 0.2) is 77.8 Å². The van der Waals surface area contributed by atoms with Crippen molar-refractivity contribution in [2.24, 2.45) is 4.99 Å². The van der Waals surface area contributed by atoms with E-state index in [0.717, 1.165) is 16.0 Å². The quantitative estimate of drug-likeness (QED) is 0.414. The normalized spacial score (nSPS) is 15.1. The maximum Gasteiger partial charge on any atom is 0.323 e. The van der Waals surface area contributed by atoms with E-state index in [2.05, 4.69) is 15.3 Å². The van der Waals surface area contributed by atoms with Crippen LogP contribution in [0.4, 0.5) is 10.1 Å². The van der Waals surface area contributed by atoms with Gasteiger partial charge in [0.2, 0.25) is 6.17 Å². The molecule has 3 N–H and O–H groups in total. The summed E-state index contributed by atoms with van der Waals surface area (Å²) in [5.41, 5.74) is 3.24. The molecule has 1 aliphatic rings. The number of aromatic nitrogens is 1. The van der Waals surface area contributed by atoms with E-state index in [9.17, 15) is 23.9 Å². The zero-order valence-electron chi connectivity index (χ0n) is 18.2. The molecule has 0 radical (unpaired) electrons. The Morgan fingerprint density at radius 1 is 1.06 bits per heavy atom. The lowest BCUT2D eigenvalue weighted by atomic mass is 9.98. The van der Waals surface area contributed by atoms with E-state index in [1.165, 1.54) is 30.5 Å². The maximum atomic E-state index is 13.5. The fraction of sp³-hybridized carbons (Fsp3) is 0.0769. The molecule has 0 saturated carbocycles. The number of rotatable bonds is 5. The summed E-state index contributed by atoms with van der Waals surface area (Å²) in [7, 11) is 0. The minimum Gasteiger partial charge on any atom is -0.480 e. The fourth-order valence-corrected chi connectivity index (χ4v) is 4.10. The number of aliphatic carboxylic acids is 1. The molecule has 2 amide bonds. The molecule has 1 aromatic heterocycles. The number of carbonyl (C=O) groups is 3. The zero-order valence-corrected chi connectivity index (χ0v) is 18.2. The van der Waals surface area contributed by atoms with Crippen molar-refractivity contribution in [1.82, 2.24) is 10.3 Å². The van der Waals surface area contributed by atoms with E-state index < -0.39 is 36.3 Å². The molecular weight excluding hydrogens is 451 g/mol. The molecule has 1 atom stereocenters. The van der Waals surface area contributed by atoms with Crippen molar-refractivity contribution in [3.63, 3.8) is 0 Å². The molecule has 1 unspecified atom stereocenters. The number of carbonyl (C=O) groups excluding carboxylic acids is 2. The molecule has 0 bridgehead atoms. The first kappa shape index (κ1) is 22.0. The number of nitrogens with zero attached hydrogens (tertiary/aromatic N) is 2. The second kappa shape index (κ2) is 8.86. The van der Waals surface area contributed by atoms with Crippen molar-refractivity contribution in [3.8, 4) is 11.1 Å². The molecule has 0 fully saturated rings. The van der Waals surface area contributed by atoms with Gasteiger partial charge in [-0.1, -0.05) is 42.5 Å². The lowest BCUT2D eigenvalue weighted by molar-refractivity contribution is -0.136. The summed E-state index contributed by atoms with van der Waals surface area (Å²) in [5.74, 6) is -2.98. The van der Waals surface area contributed by atoms with Crippen molar-refractivity contribution in [2.75, 3.05) is 11.4 Å². The van der Waals surface area contributed by atoms with Gasteiger partial charge in [0.1, 0.15) is 18.1 Å². The summed E-state index contributed by atoms with van der Waals surface area (Å²) in [6, 6.07) is 20.2. The number of hydrogen-bond donors (Lipinski definition) is 3. The van der Waals surface area contributed by atoms with Crippen molar-refractivity contribution in [2.45, 2.75) is 6.17 Å². The molecule has 35 heavy (non-hydrogen) atoms. The highest BCUT2D eigenvalue weighted by atomic mass is 19.1. The highest BCUT2D eigenvalue weighted by Gasteiger charge is 2.32. The number of hydrogen-bond acceptors (Lipinski definition) is 4. The minimum absolute atomic E-state index is 0.116. The Morgan fingerprint density at radius 3 is 2.63 bits per heavy atom. The number of anilines is 1. The second-order valence-corrected chi connectivity index (χ2v) is 7.99. The van der Waals surface area contributed by atoms with Crippen LogP contribution < -0.4 is 10.2 Å². The molecule has 8 nitrogen and oxygen atoms in total. The Hall–Kier alpha value is -4.79. The summed E-state index contributed by atoms with van der Waals surface area (Å²) in [6.07, 6.45) is 0.115. The lowest BCUT2D eigenvalue weighted by Crippen LogP contribution is -2.48. The number of nitrogens with one attached hydrogen (secondary N) is 2. The van der Waals surface area contributed by atoms with E-state index in [4.69, 9.17) is 0 Å². The van der Waals surface area contributed by atoms with E-state index in [0.29, 0.717) is 22.2 Å². The van der Waals surface area contributed by atoms with E-state index in [1.807, 2.05) is 36.4 Å². The fourth-order valence-electron chi connectivity index (χ4n) is 4.10. The van der Waals surface area contributed by atoms with Gasteiger partial charge >= 0.3 is 5.97 Å². The third-order valence-electron chi connectivity index (χ3n) is 5.70. The molecule has 4 aromatic rings. The third-order valence-corrected chi connectivity index (χ3v) is 5.70. The Kier molecular flexibility index (Phi) is 5.58. The Balaban J connectivity index is 1.52. The standard InChI is InChI=1S/C26H19FN4O4/c27-17-9-10-20-16(11-17)12-21(29-20)25(34)30-24-26(35)31(14-23(32)33)22-8-4-7-18(19(22)13-28-24)15-5-2-1-3-6-15/h1-13,24,29H,14H2,(H,30,34)(H,32,33). The van der Waals surface area contributed by atoms with Crippen LogP contribution in [0.25, 0.3) is 22.0 Å². The first-order valence-corrected chi connectivity index (χ1v) is 10.7. The molecule has 5 rings (SSSR count). The average Bonchev–Trinajstić information content (AvgIpc) is 3.23. The zero-order chi connectivity index (χ0) is 24.5. The van der Waals surface area contributed by atoms with Gasteiger partial charge in [-0.05, 0) is 41.5 Å². The molecule has 3 aromatic carbocycles. The molecule has 174 valence electrons. The third kappa shape index (κ3) is 4.26. The predicted molar refractivity (Wildman–Crippen MR) is 129 cm³/mol. The van der Waals surface area contributed by atoms with Crippen LogP contribution in [0, 0.1) is 5.82 Å². The van der Waals surface area contributed by atoms with Crippen molar-refractivity contribution in [1.29, 1.82) is 0 Å². The molecule has 0 saturated heterocycles. The van der Waals surface area contributed by atoms with Crippen molar-refractivity contribution >= 4 is 40.6 Å². The van der Waals surface area contributed by atoms with Crippen LogP contribution in [-0.4, -0.2) is 46.8 Å². The van der Waals surface area contributed by atoms with Gasteiger partial charge in [0.25, 0.3) is 11.8 Å². The Labute approximate surface area is 198 Å². The SMILES string of the molecule is O=C(O)CN1C(=O)C(NC(=O)c2cc3cc(F)ccc3[nH]2)N=Cc2c(-c3ccccc3)cccc21. The molecular formula is C26H19FN4O4. The Bertz CT molecular complexity index is 1500. The van der Waals surface area contributed by atoms with Crippen molar-refractivity contribution < 1.29 is 23.9 Å². The number of carboxylic acid groups (broad SMARTS) is 1. The monoisotopic (exact) mass is 470 g/mol. The van der Waals surface area contributed by atoms with Crippen LogP contribution in [0.2, 0.25) is 0 Å². The molecule has 0 spiro atoms. The number of benzodiazepines with no additional fused rings is 1. The van der Waals surface area contributed by atoms with Crippen LogP contribution in [-0.2, 0) is 9.59 Å². The van der Waals surface area contributed by atoms with Gasteiger partial charge in [-0.25, -0.2) is 4.39 Å². The number of benzene rings is 3. The number of aliphatic imine (C=N–C) groups is 1.